The van der Waals surface area contributed by atoms with E-state index >= 15 is 0 Å². The number of ether oxygens (including phenoxy) is 2. The number of nitrogens with one attached hydrogen (secondary N) is 3. The number of rotatable bonds is 10. The van der Waals surface area contributed by atoms with E-state index in [2.05, 4.69) is 16.0 Å². The first-order valence-electron chi connectivity index (χ1n) is 12.8. The van der Waals surface area contributed by atoms with Crippen molar-refractivity contribution in [2.45, 2.75) is 64.8 Å². The lowest BCUT2D eigenvalue weighted by molar-refractivity contribution is -0.124. The summed E-state index contributed by atoms with van der Waals surface area (Å²) in [6.07, 6.45) is -0.478. The molecule has 8 heteroatoms. The summed E-state index contributed by atoms with van der Waals surface area (Å²) in [4.78, 5) is 37.8. The van der Waals surface area contributed by atoms with Crippen molar-refractivity contribution < 1.29 is 23.9 Å². The van der Waals surface area contributed by atoms with Crippen LogP contribution in [0.5, 0.6) is 0 Å². The minimum Gasteiger partial charge on any atom is -0.445 e. The van der Waals surface area contributed by atoms with E-state index in [4.69, 9.17) is 9.47 Å². The molecule has 0 aromatic heterocycles. The second kappa shape index (κ2) is 13.5. The van der Waals surface area contributed by atoms with Crippen LogP contribution in [-0.4, -0.2) is 36.3 Å². The molecule has 0 aliphatic heterocycles. The van der Waals surface area contributed by atoms with Gasteiger partial charge in [-0.3, -0.25) is 4.79 Å². The molecular formula is C30H37N3O5. The van der Waals surface area contributed by atoms with Gasteiger partial charge in [0, 0.05) is 6.54 Å². The quantitative estimate of drug-likeness (QED) is 0.302. The largest absolute Gasteiger partial charge is 0.445 e. The second-order valence-corrected chi connectivity index (χ2v) is 10.1. The van der Waals surface area contributed by atoms with E-state index in [-0.39, 0.29) is 25.1 Å². The minimum atomic E-state index is -0.843. The van der Waals surface area contributed by atoms with Crippen LogP contribution in [0.2, 0.25) is 0 Å². The Morgan fingerprint density at radius 3 is 2.26 bits per heavy atom. The molecule has 0 fully saturated rings. The molecule has 3 amide bonds. The maximum Gasteiger partial charge on any atom is 0.408 e. The number of alkyl carbamates (subject to hydrolysis) is 2. The maximum absolute atomic E-state index is 13.3. The summed E-state index contributed by atoms with van der Waals surface area (Å²) in [5.41, 5.74) is 1.17. The van der Waals surface area contributed by atoms with Gasteiger partial charge in [0.1, 0.15) is 18.2 Å². The highest BCUT2D eigenvalue weighted by Crippen LogP contribution is 2.24. The van der Waals surface area contributed by atoms with Crippen molar-refractivity contribution >= 4 is 28.9 Å². The topological polar surface area (TPSA) is 106 Å². The Morgan fingerprint density at radius 1 is 0.842 bits per heavy atom. The van der Waals surface area contributed by atoms with Gasteiger partial charge >= 0.3 is 12.2 Å². The lowest BCUT2D eigenvalue weighted by Gasteiger charge is -2.25. The number of carbonyl (C=O) groups is 3. The average Bonchev–Trinajstić information content (AvgIpc) is 2.88. The zero-order valence-corrected chi connectivity index (χ0v) is 22.5. The highest BCUT2D eigenvalue weighted by molar-refractivity contribution is 5.88. The molecule has 3 N–H and O–H groups in total. The molecule has 3 aromatic carbocycles. The molecule has 0 unspecified atom stereocenters. The lowest BCUT2D eigenvalue weighted by Crippen LogP contribution is -2.49. The van der Waals surface area contributed by atoms with Crippen molar-refractivity contribution in [1.82, 2.24) is 16.0 Å². The van der Waals surface area contributed by atoms with E-state index in [1.165, 1.54) is 0 Å². The summed E-state index contributed by atoms with van der Waals surface area (Å²) in [5.74, 6) is -0.331. The summed E-state index contributed by atoms with van der Waals surface area (Å²) in [6, 6.07) is 22.2. The Bertz CT molecular complexity index is 1220. The summed E-state index contributed by atoms with van der Waals surface area (Å²) in [7, 11) is 0. The fourth-order valence-electron chi connectivity index (χ4n) is 4.01. The molecule has 2 atom stereocenters. The van der Waals surface area contributed by atoms with Crippen molar-refractivity contribution in [2.24, 2.45) is 0 Å². The highest BCUT2D eigenvalue weighted by Gasteiger charge is 2.25. The molecule has 8 nitrogen and oxygen atoms in total. The summed E-state index contributed by atoms with van der Waals surface area (Å²) in [6.45, 7) is 7.64. The van der Waals surface area contributed by atoms with Crippen LogP contribution in [0.1, 0.15) is 57.7 Å². The monoisotopic (exact) mass is 519 g/mol. The number of benzene rings is 3. The third-order valence-corrected chi connectivity index (χ3v) is 5.81. The van der Waals surface area contributed by atoms with E-state index in [0.29, 0.717) is 12.8 Å². The van der Waals surface area contributed by atoms with Crippen LogP contribution < -0.4 is 16.0 Å². The molecule has 3 rings (SSSR count). The molecule has 0 radical (unpaired) electrons. The average molecular weight is 520 g/mol. The Hall–Kier alpha value is -4.07. The predicted molar refractivity (Wildman–Crippen MR) is 148 cm³/mol. The van der Waals surface area contributed by atoms with E-state index in [0.717, 1.165) is 21.9 Å². The van der Waals surface area contributed by atoms with Gasteiger partial charge in [-0.15, -0.1) is 0 Å². The van der Waals surface area contributed by atoms with Crippen molar-refractivity contribution in [3.8, 4) is 0 Å². The van der Waals surface area contributed by atoms with Crippen molar-refractivity contribution in [3.63, 3.8) is 0 Å². The molecule has 0 spiro atoms. The van der Waals surface area contributed by atoms with Crippen LogP contribution in [-0.2, 0) is 20.9 Å². The maximum atomic E-state index is 13.3. The van der Waals surface area contributed by atoms with Crippen molar-refractivity contribution in [1.29, 1.82) is 0 Å². The third-order valence-electron chi connectivity index (χ3n) is 5.81. The van der Waals surface area contributed by atoms with E-state index in [9.17, 15) is 14.4 Å². The van der Waals surface area contributed by atoms with Gasteiger partial charge in [-0.1, -0.05) is 72.8 Å². The number of amides is 3. The molecule has 3 aromatic rings. The predicted octanol–water partition coefficient (Wildman–Crippen LogP) is 5.62. The van der Waals surface area contributed by atoms with E-state index in [1.807, 2.05) is 79.7 Å². The Balaban J connectivity index is 1.57. The van der Waals surface area contributed by atoms with Crippen LogP contribution in [0.25, 0.3) is 10.8 Å². The van der Waals surface area contributed by atoms with Crippen LogP contribution in [0.15, 0.2) is 72.8 Å². The smallest absolute Gasteiger partial charge is 0.408 e. The standard InChI is InChI=1S/C30H37N3O5/c1-21(24-17-10-15-23-14-8-9-16-25(23)24)32-27(34)26(33-29(36)38-30(2,3)4)18-11-19-31-28(35)37-20-22-12-6-5-7-13-22/h5-10,12-17,21,26H,11,18-20H2,1-4H3,(H,31,35)(H,32,34)(H,33,36)/t21-,26-/m1/s1. The fourth-order valence-corrected chi connectivity index (χ4v) is 4.01. The Labute approximate surface area is 224 Å². The first-order chi connectivity index (χ1) is 18.1. The van der Waals surface area contributed by atoms with Crippen molar-refractivity contribution in [2.75, 3.05) is 6.54 Å². The van der Waals surface area contributed by atoms with Gasteiger partial charge in [0.2, 0.25) is 5.91 Å². The van der Waals surface area contributed by atoms with Gasteiger partial charge in [0.05, 0.1) is 6.04 Å². The first kappa shape index (κ1) is 28.5. The van der Waals surface area contributed by atoms with Gasteiger partial charge in [-0.05, 0) is 62.4 Å². The van der Waals surface area contributed by atoms with Gasteiger partial charge in [0.15, 0.2) is 0 Å². The number of carbonyl (C=O) groups excluding carboxylic acids is 3. The van der Waals surface area contributed by atoms with Gasteiger partial charge in [-0.2, -0.15) is 0 Å². The molecule has 0 saturated carbocycles. The van der Waals surface area contributed by atoms with Gasteiger partial charge < -0.3 is 25.4 Å². The van der Waals surface area contributed by atoms with E-state index in [1.54, 1.807) is 20.8 Å². The van der Waals surface area contributed by atoms with Crippen LogP contribution in [0.3, 0.4) is 0 Å². The second-order valence-electron chi connectivity index (χ2n) is 10.1. The molecule has 0 saturated heterocycles. The Kier molecular flexibility index (Phi) is 10.1. The molecule has 0 aliphatic carbocycles. The normalized spacial score (nSPS) is 12.7. The number of hydrogen-bond donors (Lipinski definition) is 3. The van der Waals surface area contributed by atoms with Crippen LogP contribution in [0.4, 0.5) is 9.59 Å². The molecule has 202 valence electrons. The lowest BCUT2D eigenvalue weighted by atomic mass is 9.99. The zero-order valence-electron chi connectivity index (χ0n) is 22.5. The molecule has 0 heterocycles. The highest BCUT2D eigenvalue weighted by atomic mass is 16.6. The summed E-state index contributed by atoms with van der Waals surface area (Å²) in [5, 5.41) is 10.5. The van der Waals surface area contributed by atoms with Crippen LogP contribution in [0, 0.1) is 0 Å². The third kappa shape index (κ3) is 9.10. The zero-order chi connectivity index (χ0) is 27.5. The van der Waals surface area contributed by atoms with Gasteiger partial charge in [-0.25, -0.2) is 9.59 Å². The van der Waals surface area contributed by atoms with Crippen molar-refractivity contribution in [3.05, 3.63) is 83.9 Å². The SMILES string of the molecule is C[C@@H](NC(=O)[C@@H](CCCNC(=O)OCc1ccccc1)NC(=O)OC(C)(C)C)c1cccc2ccccc12. The number of fused-ring (bicyclic) bond motifs is 1. The molecule has 38 heavy (non-hydrogen) atoms. The first-order valence-corrected chi connectivity index (χ1v) is 12.8. The Morgan fingerprint density at radius 2 is 1.53 bits per heavy atom. The summed E-state index contributed by atoms with van der Waals surface area (Å²) >= 11 is 0. The number of hydrogen-bond acceptors (Lipinski definition) is 5. The van der Waals surface area contributed by atoms with Gasteiger partial charge in [0.25, 0.3) is 0 Å². The van der Waals surface area contributed by atoms with Crippen LogP contribution >= 0.6 is 0 Å². The molecular weight excluding hydrogens is 482 g/mol. The molecule has 0 bridgehead atoms. The van der Waals surface area contributed by atoms with E-state index < -0.39 is 23.8 Å². The summed E-state index contributed by atoms with van der Waals surface area (Å²) < 4.78 is 10.6. The fraction of sp³-hybridized carbons (Fsp3) is 0.367. The minimum absolute atomic E-state index is 0.171. The molecule has 0 aliphatic rings.